The van der Waals surface area contributed by atoms with E-state index in [1.807, 2.05) is 12.1 Å². The van der Waals surface area contributed by atoms with Crippen LogP contribution < -0.4 is 20.1 Å². The lowest BCUT2D eigenvalue weighted by Gasteiger charge is -2.24. The molecule has 2 fully saturated rings. The van der Waals surface area contributed by atoms with Gasteiger partial charge in [0.2, 0.25) is 0 Å². The number of nitrogens with one attached hydrogen (secondary N) is 2. The van der Waals surface area contributed by atoms with Crippen molar-refractivity contribution in [3.8, 4) is 11.5 Å². The molecule has 0 spiro atoms. The number of guanidine groups is 1. The highest BCUT2D eigenvalue weighted by molar-refractivity contribution is 14.0. The summed E-state index contributed by atoms with van der Waals surface area (Å²) < 4.78 is 17.5. The summed E-state index contributed by atoms with van der Waals surface area (Å²) in [6.07, 6.45) is 7.31. The number of methoxy groups -OCH3 is 1. The quantitative estimate of drug-likeness (QED) is 0.307. The Bertz CT molecular complexity index is 657. The van der Waals surface area contributed by atoms with E-state index in [0.29, 0.717) is 12.6 Å². The molecule has 0 radical (unpaired) electrons. The number of hydrogen-bond acceptors (Lipinski definition) is 4. The first-order chi connectivity index (χ1) is 13.6. The second-order valence-electron chi connectivity index (χ2n) is 7.96. The highest BCUT2D eigenvalue weighted by Gasteiger charge is 2.29. The summed E-state index contributed by atoms with van der Waals surface area (Å²) in [4.78, 5) is 4.73. The van der Waals surface area contributed by atoms with Crippen molar-refractivity contribution in [2.24, 2.45) is 4.99 Å². The van der Waals surface area contributed by atoms with Gasteiger partial charge in [0.25, 0.3) is 0 Å². The first-order valence-electron chi connectivity index (χ1n) is 10.6. The molecule has 1 aliphatic heterocycles. The molecule has 0 bridgehead atoms. The average molecular weight is 517 g/mol. The van der Waals surface area contributed by atoms with Crippen molar-refractivity contribution in [3.63, 3.8) is 0 Å². The Morgan fingerprint density at radius 2 is 2.00 bits per heavy atom. The fourth-order valence-electron chi connectivity index (χ4n) is 3.85. The van der Waals surface area contributed by atoms with Gasteiger partial charge in [-0.3, -0.25) is 0 Å². The summed E-state index contributed by atoms with van der Waals surface area (Å²) in [6.45, 7) is 7.23. The summed E-state index contributed by atoms with van der Waals surface area (Å²) >= 11 is 0. The van der Waals surface area contributed by atoms with E-state index < -0.39 is 0 Å². The number of halogens is 1. The standard InChI is InChI=1S/C22H35N3O3.HI/c1-4-23-21(25-16-22(2)12-7-13-27-22)24-15-17-10-11-19(20(14-17)26-3)28-18-8-5-6-9-18;/h10-11,14,18H,4-9,12-13,15-16H2,1-3H3,(H2,23,24,25);1H. The maximum absolute atomic E-state index is 6.12. The Morgan fingerprint density at radius 1 is 1.21 bits per heavy atom. The Labute approximate surface area is 192 Å². The second kappa shape index (κ2) is 11.8. The van der Waals surface area contributed by atoms with E-state index >= 15 is 0 Å². The van der Waals surface area contributed by atoms with Gasteiger partial charge in [-0.1, -0.05) is 6.07 Å². The van der Waals surface area contributed by atoms with E-state index in [1.165, 1.54) is 12.8 Å². The van der Waals surface area contributed by atoms with E-state index in [1.54, 1.807) is 7.11 Å². The summed E-state index contributed by atoms with van der Waals surface area (Å²) in [5.41, 5.74) is 0.995. The molecule has 29 heavy (non-hydrogen) atoms. The third-order valence-corrected chi connectivity index (χ3v) is 5.52. The molecule has 1 aromatic rings. The van der Waals surface area contributed by atoms with Gasteiger partial charge in [0, 0.05) is 19.7 Å². The molecule has 1 aliphatic carbocycles. The van der Waals surface area contributed by atoms with Crippen molar-refractivity contribution in [2.45, 2.75) is 70.6 Å². The highest BCUT2D eigenvalue weighted by Crippen LogP contribution is 2.32. The first kappa shape index (κ1) is 24.1. The van der Waals surface area contributed by atoms with Crippen LogP contribution in [0.1, 0.15) is 57.9 Å². The zero-order valence-electron chi connectivity index (χ0n) is 18.0. The van der Waals surface area contributed by atoms with Gasteiger partial charge in [0.1, 0.15) is 0 Å². The van der Waals surface area contributed by atoms with Gasteiger partial charge in [-0.2, -0.15) is 0 Å². The zero-order valence-corrected chi connectivity index (χ0v) is 20.3. The molecular formula is C22H36IN3O3. The van der Waals surface area contributed by atoms with Crippen LogP contribution in [0.4, 0.5) is 0 Å². The molecule has 0 amide bonds. The molecule has 1 unspecified atom stereocenters. The lowest BCUT2D eigenvalue weighted by atomic mass is 10.0. The van der Waals surface area contributed by atoms with Crippen LogP contribution in [-0.4, -0.2) is 44.5 Å². The van der Waals surface area contributed by atoms with Crippen LogP contribution in [-0.2, 0) is 11.3 Å². The Balaban J connectivity index is 0.00000300. The molecule has 6 nitrogen and oxygen atoms in total. The van der Waals surface area contributed by atoms with Gasteiger partial charge in [-0.25, -0.2) is 4.99 Å². The molecule has 1 saturated heterocycles. The van der Waals surface area contributed by atoms with Crippen LogP contribution in [0, 0.1) is 0 Å². The lowest BCUT2D eigenvalue weighted by Crippen LogP contribution is -2.45. The molecule has 1 aromatic carbocycles. The third kappa shape index (κ3) is 7.20. The Hall–Kier alpha value is -1.22. The minimum Gasteiger partial charge on any atom is -0.493 e. The van der Waals surface area contributed by atoms with E-state index in [2.05, 4.69) is 30.5 Å². The molecule has 1 saturated carbocycles. The van der Waals surface area contributed by atoms with Crippen LogP contribution in [0.15, 0.2) is 23.2 Å². The van der Waals surface area contributed by atoms with Crippen LogP contribution >= 0.6 is 24.0 Å². The normalized spacial score (nSPS) is 22.2. The molecule has 0 aromatic heterocycles. The number of benzene rings is 1. The fraction of sp³-hybridized carbons (Fsp3) is 0.682. The van der Waals surface area contributed by atoms with E-state index in [9.17, 15) is 0 Å². The summed E-state index contributed by atoms with van der Waals surface area (Å²) in [7, 11) is 1.69. The van der Waals surface area contributed by atoms with Crippen molar-refractivity contribution in [3.05, 3.63) is 23.8 Å². The number of aliphatic imine (C=N–C) groups is 1. The average Bonchev–Trinajstić information content (AvgIpc) is 3.37. The molecule has 2 aliphatic rings. The van der Waals surface area contributed by atoms with E-state index in [4.69, 9.17) is 19.2 Å². The second-order valence-corrected chi connectivity index (χ2v) is 7.96. The van der Waals surface area contributed by atoms with Gasteiger partial charge < -0.3 is 24.8 Å². The largest absolute Gasteiger partial charge is 0.493 e. The molecule has 3 rings (SSSR count). The van der Waals surface area contributed by atoms with Crippen molar-refractivity contribution in [2.75, 3.05) is 26.8 Å². The lowest BCUT2D eigenvalue weighted by molar-refractivity contribution is 0.0243. The Kier molecular flexibility index (Phi) is 9.82. The van der Waals surface area contributed by atoms with Crippen LogP contribution in [0.5, 0.6) is 11.5 Å². The number of rotatable bonds is 8. The number of hydrogen-bond donors (Lipinski definition) is 2. The SMILES string of the molecule is CCNC(=NCc1ccc(OC2CCCC2)c(OC)c1)NCC1(C)CCCO1.I. The summed E-state index contributed by atoms with van der Waals surface area (Å²) in [6, 6.07) is 6.11. The Morgan fingerprint density at radius 3 is 2.66 bits per heavy atom. The minimum atomic E-state index is -0.0986. The van der Waals surface area contributed by atoms with Crippen molar-refractivity contribution in [1.29, 1.82) is 0 Å². The monoisotopic (exact) mass is 517 g/mol. The molecule has 164 valence electrons. The van der Waals surface area contributed by atoms with Crippen molar-refractivity contribution < 1.29 is 14.2 Å². The minimum absolute atomic E-state index is 0. The third-order valence-electron chi connectivity index (χ3n) is 5.52. The maximum atomic E-state index is 6.12. The van der Waals surface area contributed by atoms with Crippen LogP contribution in [0.3, 0.4) is 0 Å². The topological polar surface area (TPSA) is 64.1 Å². The molecule has 2 N–H and O–H groups in total. The van der Waals surface area contributed by atoms with Crippen LogP contribution in [0.25, 0.3) is 0 Å². The van der Waals surface area contributed by atoms with Gasteiger partial charge in [0.05, 0.1) is 25.4 Å². The van der Waals surface area contributed by atoms with Gasteiger partial charge in [0.15, 0.2) is 17.5 Å². The van der Waals surface area contributed by atoms with Crippen LogP contribution in [0.2, 0.25) is 0 Å². The zero-order chi connectivity index (χ0) is 19.8. The summed E-state index contributed by atoms with van der Waals surface area (Å²) in [5.74, 6) is 2.42. The first-order valence-corrected chi connectivity index (χ1v) is 10.6. The molecular weight excluding hydrogens is 481 g/mol. The van der Waals surface area contributed by atoms with Crippen molar-refractivity contribution >= 4 is 29.9 Å². The summed E-state index contributed by atoms with van der Waals surface area (Å²) in [5, 5.41) is 6.73. The van der Waals surface area contributed by atoms with Gasteiger partial charge in [-0.05, 0) is 70.1 Å². The van der Waals surface area contributed by atoms with Gasteiger partial charge in [-0.15, -0.1) is 24.0 Å². The predicted molar refractivity (Wildman–Crippen MR) is 128 cm³/mol. The molecule has 1 atom stereocenters. The highest BCUT2D eigenvalue weighted by atomic mass is 127. The molecule has 1 heterocycles. The smallest absolute Gasteiger partial charge is 0.191 e. The fourth-order valence-corrected chi connectivity index (χ4v) is 3.85. The maximum Gasteiger partial charge on any atom is 0.191 e. The van der Waals surface area contributed by atoms with E-state index in [0.717, 1.165) is 68.4 Å². The van der Waals surface area contributed by atoms with E-state index in [-0.39, 0.29) is 29.6 Å². The van der Waals surface area contributed by atoms with Crippen molar-refractivity contribution in [1.82, 2.24) is 10.6 Å². The predicted octanol–water partition coefficient (Wildman–Crippen LogP) is 4.26. The number of nitrogens with zero attached hydrogens (tertiary/aromatic N) is 1. The number of ether oxygens (including phenoxy) is 3. The van der Waals surface area contributed by atoms with Gasteiger partial charge >= 0.3 is 0 Å². The molecule has 7 heteroatoms.